The molecule has 126 valence electrons. The van der Waals surface area contributed by atoms with E-state index < -0.39 is 11.6 Å². The molecule has 0 unspecified atom stereocenters. The molecule has 0 atom stereocenters. The monoisotopic (exact) mass is 344 g/mol. The van der Waals surface area contributed by atoms with E-state index in [1.54, 1.807) is 36.4 Å². The van der Waals surface area contributed by atoms with E-state index in [1.165, 1.54) is 12.1 Å². The number of halogens is 1. The molecule has 0 radical (unpaired) electrons. The molecule has 0 heterocycles. The van der Waals surface area contributed by atoms with Crippen molar-refractivity contribution in [2.24, 2.45) is 0 Å². The second-order valence-electron chi connectivity index (χ2n) is 6.01. The first-order valence-corrected chi connectivity index (χ1v) is 8.04. The number of hydrogen-bond donors (Lipinski definition) is 1. The van der Waals surface area contributed by atoms with Crippen molar-refractivity contribution in [3.05, 3.63) is 106 Å². The number of hydrogen-bond acceptors (Lipinski definition) is 3. The van der Waals surface area contributed by atoms with Gasteiger partial charge in [0.05, 0.1) is 0 Å². The van der Waals surface area contributed by atoms with E-state index in [0.29, 0.717) is 27.8 Å². The molecule has 4 heteroatoms. The Morgan fingerprint density at radius 3 is 1.92 bits per heavy atom. The van der Waals surface area contributed by atoms with Crippen LogP contribution >= 0.6 is 0 Å². The largest absolute Gasteiger partial charge is 0.505 e. The summed E-state index contributed by atoms with van der Waals surface area (Å²) in [6.45, 7) is 0. The summed E-state index contributed by atoms with van der Waals surface area (Å²) in [6, 6.07) is 17.7. The number of fused-ring (bicyclic) bond motifs is 2. The van der Waals surface area contributed by atoms with Gasteiger partial charge < -0.3 is 5.11 Å². The summed E-state index contributed by atoms with van der Waals surface area (Å²) >= 11 is 0. The van der Waals surface area contributed by atoms with E-state index in [4.69, 9.17) is 0 Å². The van der Waals surface area contributed by atoms with Crippen LogP contribution in [-0.2, 0) is 0 Å². The van der Waals surface area contributed by atoms with Gasteiger partial charge in [-0.3, -0.25) is 9.59 Å². The molecule has 0 bridgehead atoms. The van der Waals surface area contributed by atoms with Gasteiger partial charge in [-0.25, -0.2) is 4.39 Å². The first kappa shape index (κ1) is 16.0. The van der Waals surface area contributed by atoms with Gasteiger partial charge in [0.25, 0.3) is 0 Å². The van der Waals surface area contributed by atoms with E-state index in [2.05, 4.69) is 0 Å². The maximum atomic E-state index is 13.2. The van der Waals surface area contributed by atoms with Crippen LogP contribution in [0.3, 0.4) is 0 Å². The third kappa shape index (κ3) is 2.52. The topological polar surface area (TPSA) is 54.4 Å². The van der Waals surface area contributed by atoms with Crippen molar-refractivity contribution < 1.29 is 19.1 Å². The lowest BCUT2D eigenvalue weighted by Gasteiger charge is -2.21. The molecule has 0 aliphatic heterocycles. The second-order valence-corrected chi connectivity index (χ2v) is 6.01. The van der Waals surface area contributed by atoms with E-state index in [0.717, 1.165) is 12.1 Å². The minimum atomic E-state index is -0.784. The van der Waals surface area contributed by atoms with Crippen molar-refractivity contribution >= 4 is 17.1 Å². The van der Waals surface area contributed by atoms with Crippen molar-refractivity contribution in [3.63, 3.8) is 0 Å². The van der Waals surface area contributed by atoms with Gasteiger partial charge in [0.1, 0.15) is 0 Å². The normalized spacial score (nSPS) is 12.3. The number of allylic oxidation sites excluding steroid dienone is 1. The zero-order valence-corrected chi connectivity index (χ0v) is 13.6. The van der Waals surface area contributed by atoms with Gasteiger partial charge in [-0.2, -0.15) is 0 Å². The molecule has 3 aromatic rings. The lowest BCUT2D eigenvalue weighted by Crippen LogP contribution is -2.15. The minimum absolute atomic E-state index is 0.0831. The Kier molecular flexibility index (Phi) is 3.73. The Morgan fingerprint density at radius 2 is 1.38 bits per heavy atom. The van der Waals surface area contributed by atoms with Crippen molar-refractivity contribution in [1.82, 2.24) is 0 Å². The highest BCUT2D eigenvalue weighted by molar-refractivity contribution is 6.21. The summed E-state index contributed by atoms with van der Waals surface area (Å²) in [6.07, 6.45) is 1.43. The number of ketones is 2. The predicted octanol–water partition coefficient (Wildman–Crippen LogP) is 4.39. The van der Waals surface area contributed by atoms with E-state index >= 15 is 0 Å². The Hall–Kier alpha value is -3.53. The average molecular weight is 344 g/mol. The number of rotatable bonds is 2. The molecular formula is C22H13FO3. The fraction of sp³-hybridized carbons (Fsp3) is 0. The van der Waals surface area contributed by atoms with Gasteiger partial charge >= 0.3 is 0 Å². The maximum Gasteiger partial charge on any atom is 0.194 e. The smallest absolute Gasteiger partial charge is 0.194 e. The Labute approximate surface area is 149 Å². The lowest BCUT2D eigenvalue weighted by molar-refractivity contribution is 0.103. The van der Waals surface area contributed by atoms with Gasteiger partial charge in [0.2, 0.25) is 0 Å². The fourth-order valence-electron chi connectivity index (χ4n) is 3.16. The first-order valence-electron chi connectivity index (χ1n) is 8.04. The Balaban J connectivity index is 1.89. The van der Waals surface area contributed by atoms with Crippen molar-refractivity contribution in [1.29, 1.82) is 0 Å². The summed E-state index contributed by atoms with van der Waals surface area (Å²) < 4.78 is 13.2. The van der Waals surface area contributed by atoms with Crippen LogP contribution in [0.4, 0.5) is 4.39 Å². The summed E-state index contributed by atoms with van der Waals surface area (Å²) in [5.74, 6) is -1.82. The molecule has 0 saturated heterocycles. The summed E-state index contributed by atoms with van der Waals surface area (Å²) in [5.41, 5.74) is 3.22. The predicted molar refractivity (Wildman–Crippen MR) is 95.8 cm³/mol. The standard InChI is InChI=1S/C22H13FO3/c23-19-10-9-13(11-21(19)25)20(24)12-18-14-5-1-3-7-16(14)22(26)17-8-4-2-6-15(17)18/h1-12,25H. The van der Waals surface area contributed by atoms with Crippen LogP contribution in [0.25, 0.3) is 5.57 Å². The third-order valence-electron chi connectivity index (χ3n) is 4.43. The van der Waals surface area contributed by atoms with E-state index in [1.807, 2.05) is 12.1 Å². The van der Waals surface area contributed by atoms with Crippen LogP contribution in [0.5, 0.6) is 5.75 Å². The molecule has 4 rings (SSSR count). The van der Waals surface area contributed by atoms with Crippen LogP contribution < -0.4 is 0 Å². The van der Waals surface area contributed by atoms with Crippen LogP contribution in [-0.4, -0.2) is 16.7 Å². The summed E-state index contributed by atoms with van der Waals surface area (Å²) in [4.78, 5) is 25.4. The molecule has 0 fully saturated rings. The number of carbonyl (C=O) groups is 2. The van der Waals surface area contributed by atoms with Gasteiger partial charge in [0, 0.05) is 16.7 Å². The van der Waals surface area contributed by atoms with Gasteiger partial charge in [-0.15, -0.1) is 0 Å². The average Bonchev–Trinajstić information content (AvgIpc) is 2.67. The molecule has 0 aromatic heterocycles. The zero-order chi connectivity index (χ0) is 18.3. The molecule has 0 saturated carbocycles. The van der Waals surface area contributed by atoms with E-state index in [-0.39, 0.29) is 17.1 Å². The van der Waals surface area contributed by atoms with Gasteiger partial charge in [0.15, 0.2) is 23.1 Å². The molecule has 26 heavy (non-hydrogen) atoms. The van der Waals surface area contributed by atoms with Crippen LogP contribution in [0.2, 0.25) is 0 Å². The van der Waals surface area contributed by atoms with Crippen LogP contribution in [0.15, 0.2) is 72.8 Å². The lowest BCUT2D eigenvalue weighted by atomic mass is 9.80. The minimum Gasteiger partial charge on any atom is -0.505 e. The molecule has 3 nitrogen and oxygen atoms in total. The second kappa shape index (κ2) is 6.08. The molecule has 0 spiro atoms. The third-order valence-corrected chi connectivity index (χ3v) is 4.43. The molecule has 3 aromatic carbocycles. The summed E-state index contributed by atoms with van der Waals surface area (Å²) in [7, 11) is 0. The van der Waals surface area contributed by atoms with Gasteiger partial charge in [-0.1, -0.05) is 48.5 Å². The highest BCUT2D eigenvalue weighted by Gasteiger charge is 2.26. The Morgan fingerprint density at radius 1 is 0.846 bits per heavy atom. The Bertz CT molecular complexity index is 1040. The number of benzene rings is 3. The number of aromatic hydroxyl groups is 1. The number of carbonyl (C=O) groups excluding carboxylic acids is 2. The highest BCUT2D eigenvalue weighted by Crippen LogP contribution is 2.36. The van der Waals surface area contributed by atoms with Crippen molar-refractivity contribution in [2.75, 3.05) is 0 Å². The first-order chi connectivity index (χ1) is 12.6. The van der Waals surface area contributed by atoms with Crippen LogP contribution in [0, 0.1) is 5.82 Å². The fourth-order valence-corrected chi connectivity index (χ4v) is 3.16. The number of phenolic OH excluding ortho intramolecular Hbond substituents is 1. The quantitative estimate of drug-likeness (QED) is 0.433. The maximum absolute atomic E-state index is 13.2. The zero-order valence-electron chi connectivity index (χ0n) is 13.6. The molecule has 0 amide bonds. The molecule has 1 aliphatic rings. The SMILES string of the molecule is O=C(C=C1c2ccccc2C(=O)c2ccccc21)c1ccc(F)c(O)c1. The molecule has 1 N–H and O–H groups in total. The van der Waals surface area contributed by atoms with Crippen LogP contribution in [0.1, 0.15) is 37.4 Å². The van der Waals surface area contributed by atoms with E-state index in [9.17, 15) is 19.1 Å². The summed E-state index contributed by atoms with van der Waals surface area (Å²) in [5, 5.41) is 9.51. The van der Waals surface area contributed by atoms with Crippen molar-refractivity contribution in [2.45, 2.75) is 0 Å². The molecular weight excluding hydrogens is 331 g/mol. The number of phenols is 1. The molecule has 1 aliphatic carbocycles. The highest BCUT2D eigenvalue weighted by atomic mass is 19.1. The van der Waals surface area contributed by atoms with Gasteiger partial charge in [-0.05, 0) is 41.0 Å². The van der Waals surface area contributed by atoms with Crippen molar-refractivity contribution in [3.8, 4) is 5.75 Å².